The van der Waals surface area contributed by atoms with Gasteiger partial charge in [0.1, 0.15) is 0 Å². The molecule has 5 nitrogen and oxygen atoms in total. The summed E-state index contributed by atoms with van der Waals surface area (Å²) in [6.45, 7) is 1.90. The number of hydrogen-bond acceptors (Lipinski definition) is 4. The molecule has 2 N–H and O–H groups in total. The van der Waals surface area contributed by atoms with Crippen LogP contribution in [0.2, 0.25) is 5.02 Å². The molecule has 2 amide bonds. The van der Waals surface area contributed by atoms with E-state index >= 15 is 0 Å². The van der Waals surface area contributed by atoms with Crippen molar-refractivity contribution in [2.45, 2.75) is 13.0 Å². The molecule has 0 bridgehead atoms. The fraction of sp³-hybridized carbons (Fsp3) is 0.118. The van der Waals surface area contributed by atoms with E-state index in [1.165, 1.54) is 11.3 Å². The van der Waals surface area contributed by atoms with Crippen LogP contribution in [0.4, 0.5) is 9.93 Å². The van der Waals surface area contributed by atoms with Gasteiger partial charge in [-0.1, -0.05) is 23.7 Å². The third-order valence-corrected chi connectivity index (χ3v) is 4.39. The van der Waals surface area contributed by atoms with Crippen molar-refractivity contribution in [3.63, 3.8) is 0 Å². The number of carbonyl (C=O) groups excluding carboxylic acids is 1. The van der Waals surface area contributed by atoms with Gasteiger partial charge in [0, 0.05) is 28.4 Å². The number of pyridine rings is 1. The number of nitrogens with one attached hydrogen (secondary N) is 2. The maximum atomic E-state index is 12.1. The first-order valence-corrected chi connectivity index (χ1v) is 8.56. The topological polar surface area (TPSA) is 66.9 Å². The lowest BCUT2D eigenvalue weighted by atomic mass is 10.1. The highest BCUT2D eigenvalue weighted by Crippen LogP contribution is 2.24. The minimum atomic E-state index is -0.307. The normalized spacial score (nSPS) is 11.3. The molecule has 0 aliphatic rings. The highest BCUT2D eigenvalue weighted by Gasteiger charge is 2.12. The van der Waals surface area contributed by atoms with E-state index in [0.717, 1.165) is 16.8 Å². The van der Waals surface area contributed by atoms with Crippen LogP contribution in [0.25, 0.3) is 11.3 Å². The summed E-state index contributed by atoms with van der Waals surface area (Å²) in [4.78, 5) is 20.5. The monoisotopic (exact) mass is 392 g/mol. The summed E-state index contributed by atoms with van der Waals surface area (Å²) >= 11 is 7.35. The smallest absolute Gasteiger partial charge is 0.321 e. The summed E-state index contributed by atoms with van der Waals surface area (Å²) in [6, 6.07) is 10.7. The average Bonchev–Trinajstić information content (AvgIpc) is 3.04. The number of carbonyl (C=O) groups is 1. The van der Waals surface area contributed by atoms with E-state index in [-0.39, 0.29) is 25.6 Å². The molecular weight excluding hydrogens is 376 g/mol. The van der Waals surface area contributed by atoms with Gasteiger partial charge in [-0.2, -0.15) is 13.5 Å². The average molecular weight is 393 g/mol. The Bertz CT molecular complexity index is 841. The number of amides is 2. The van der Waals surface area contributed by atoms with Gasteiger partial charge >= 0.3 is 6.03 Å². The Balaban J connectivity index is 0.00000225. The van der Waals surface area contributed by atoms with E-state index in [2.05, 4.69) is 20.6 Å². The Morgan fingerprint density at radius 2 is 2.00 bits per heavy atom. The molecular formula is C17H17ClN4OS2. The van der Waals surface area contributed by atoms with Crippen LogP contribution in [0.15, 0.2) is 54.2 Å². The van der Waals surface area contributed by atoms with Gasteiger partial charge in [0.2, 0.25) is 0 Å². The van der Waals surface area contributed by atoms with E-state index in [1.54, 1.807) is 18.5 Å². The van der Waals surface area contributed by atoms with Gasteiger partial charge in [-0.3, -0.25) is 10.3 Å². The highest BCUT2D eigenvalue weighted by atomic mass is 35.5. The molecule has 1 aromatic carbocycles. The lowest BCUT2D eigenvalue weighted by Gasteiger charge is -2.14. The Hall–Kier alpha value is -2.09. The molecule has 0 fully saturated rings. The molecule has 0 radical (unpaired) electrons. The summed E-state index contributed by atoms with van der Waals surface area (Å²) < 4.78 is 0. The number of anilines is 1. The summed E-state index contributed by atoms with van der Waals surface area (Å²) in [5.41, 5.74) is 2.71. The maximum Gasteiger partial charge on any atom is 0.321 e. The van der Waals surface area contributed by atoms with Crippen molar-refractivity contribution in [2.24, 2.45) is 0 Å². The quantitative estimate of drug-likeness (QED) is 0.666. The second-order valence-corrected chi connectivity index (χ2v) is 6.44. The number of benzene rings is 1. The Labute approximate surface area is 161 Å². The van der Waals surface area contributed by atoms with Crippen molar-refractivity contribution < 1.29 is 4.79 Å². The predicted molar refractivity (Wildman–Crippen MR) is 108 cm³/mol. The molecule has 0 unspecified atom stereocenters. The number of hydrogen-bond donors (Lipinski definition) is 2. The second kappa shape index (κ2) is 8.84. The van der Waals surface area contributed by atoms with E-state index in [0.29, 0.717) is 10.2 Å². The first-order chi connectivity index (χ1) is 11.6. The van der Waals surface area contributed by atoms with Crippen molar-refractivity contribution in [1.82, 2.24) is 15.3 Å². The number of urea groups is 1. The van der Waals surface area contributed by atoms with Crippen LogP contribution < -0.4 is 10.6 Å². The van der Waals surface area contributed by atoms with Gasteiger partial charge in [-0.15, -0.1) is 11.3 Å². The fourth-order valence-electron chi connectivity index (χ4n) is 2.18. The van der Waals surface area contributed by atoms with Crippen molar-refractivity contribution in [1.29, 1.82) is 0 Å². The van der Waals surface area contributed by atoms with E-state index in [1.807, 2.05) is 42.6 Å². The lowest BCUT2D eigenvalue weighted by Crippen LogP contribution is -2.31. The van der Waals surface area contributed by atoms with Gasteiger partial charge in [-0.05, 0) is 36.8 Å². The largest absolute Gasteiger partial charge is 0.331 e. The first-order valence-electron chi connectivity index (χ1n) is 7.31. The van der Waals surface area contributed by atoms with E-state index in [4.69, 9.17) is 11.6 Å². The molecule has 0 saturated heterocycles. The van der Waals surface area contributed by atoms with Gasteiger partial charge in [0.15, 0.2) is 5.13 Å². The first kappa shape index (κ1) is 19.2. The van der Waals surface area contributed by atoms with Crippen LogP contribution in [0, 0.1) is 0 Å². The predicted octanol–water partition coefficient (Wildman–Crippen LogP) is 4.85. The zero-order valence-corrected chi connectivity index (χ0v) is 15.9. The lowest BCUT2D eigenvalue weighted by molar-refractivity contribution is 0.249. The SMILES string of the molecule is C[C@H](NC(=O)Nc1nc(-c2ccncc2)cs1)c1cccc(Cl)c1.S. The summed E-state index contributed by atoms with van der Waals surface area (Å²) in [6.07, 6.45) is 3.42. The standard InChI is InChI=1S/C17H15ClN4OS.H2S/c1-11(13-3-2-4-14(18)9-13)20-16(23)22-17-21-15(10-24-17)12-5-7-19-8-6-12;/h2-11H,1H3,(H2,20,21,22,23);1H2/t11-;/m0./s1. The van der Waals surface area contributed by atoms with Gasteiger partial charge < -0.3 is 5.32 Å². The molecule has 3 aromatic rings. The Morgan fingerprint density at radius 3 is 2.72 bits per heavy atom. The van der Waals surface area contributed by atoms with Crippen LogP contribution in [0.1, 0.15) is 18.5 Å². The molecule has 0 aliphatic heterocycles. The van der Waals surface area contributed by atoms with Gasteiger partial charge in [-0.25, -0.2) is 9.78 Å². The van der Waals surface area contributed by atoms with Crippen molar-refractivity contribution >= 4 is 47.6 Å². The second-order valence-electron chi connectivity index (χ2n) is 5.15. The van der Waals surface area contributed by atoms with Crippen molar-refractivity contribution in [2.75, 3.05) is 5.32 Å². The number of aromatic nitrogens is 2. The van der Waals surface area contributed by atoms with Gasteiger partial charge in [0.25, 0.3) is 0 Å². The molecule has 0 saturated carbocycles. The Kier molecular flexibility index (Phi) is 6.81. The molecule has 0 aliphatic carbocycles. The van der Waals surface area contributed by atoms with E-state index in [9.17, 15) is 4.79 Å². The number of halogens is 1. The van der Waals surface area contributed by atoms with Crippen LogP contribution in [-0.4, -0.2) is 16.0 Å². The molecule has 130 valence electrons. The molecule has 2 heterocycles. The van der Waals surface area contributed by atoms with Crippen LogP contribution in [0.5, 0.6) is 0 Å². The van der Waals surface area contributed by atoms with Crippen LogP contribution in [0.3, 0.4) is 0 Å². The zero-order chi connectivity index (χ0) is 16.9. The fourth-order valence-corrected chi connectivity index (χ4v) is 3.09. The summed E-state index contributed by atoms with van der Waals surface area (Å²) in [5.74, 6) is 0. The van der Waals surface area contributed by atoms with Crippen LogP contribution in [-0.2, 0) is 0 Å². The third-order valence-electron chi connectivity index (χ3n) is 3.40. The molecule has 1 atom stereocenters. The van der Waals surface area contributed by atoms with Gasteiger partial charge in [0.05, 0.1) is 11.7 Å². The number of thiazole rings is 1. The summed E-state index contributed by atoms with van der Waals surface area (Å²) in [7, 11) is 0. The molecule has 0 spiro atoms. The van der Waals surface area contributed by atoms with Crippen LogP contribution >= 0.6 is 36.4 Å². The van der Waals surface area contributed by atoms with E-state index < -0.39 is 0 Å². The Morgan fingerprint density at radius 1 is 1.24 bits per heavy atom. The number of nitrogens with zero attached hydrogens (tertiary/aromatic N) is 2. The van der Waals surface area contributed by atoms with Crippen molar-refractivity contribution in [3.8, 4) is 11.3 Å². The third kappa shape index (κ3) is 5.19. The molecule has 8 heteroatoms. The molecule has 3 rings (SSSR count). The minimum absolute atomic E-state index is 0. The highest BCUT2D eigenvalue weighted by molar-refractivity contribution is 7.59. The minimum Gasteiger partial charge on any atom is -0.331 e. The zero-order valence-electron chi connectivity index (χ0n) is 13.4. The summed E-state index contributed by atoms with van der Waals surface area (Å²) in [5, 5.41) is 8.70. The maximum absolute atomic E-state index is 12.1. The van der Waals surface area contributed by atoms with Crippen molar-refractivity contribution in [3.05, 3.63) is 64.8 Å². The molecule has 2 aromatic heterocycles. The number of rotatable bonds is 4. The molecule has 25 heavy (non-hydrogen) atoms.